The number of phenolic OH excluding ortho intramolecular Hbond substituents is 1. The lowest BCUT2D eigenvalue weighted by Crippen LogP contribution is -2.26. The second-order valence-electron chi connectivity index (χ2n) is 5.58. The summed E-state index contributed by atoms with van der Waals surface area (Å²) in [4.78, 5) is 25.4. The number of hydrogen-bond donors (Lipinski definition) is 1. The van der Waals surface area contributed by atoms with E-state index in [-0.39, 0.29) is 23.9 Å². The highest BCUT2D eigenvalue weighted by Crippen LogP contribution is 2.22. The molecule has 2 aromatic carbocycles. The number of para-hydroxylation sites is 1. The molecule has 0 heterocycles. The van der Waals surface area contributed by atoms with Gasteiger partial charge in [-0.05, 0) is 36.4 Å². The molecule has 2 aromatic rings. The molecular weight excluding hydrogens is 340 g/mol. The fourth-order valence-electron chi connectivity index (χ4n) is 2.31. The van der Waals surface area contributed by atoms with Gasteiger partial charge in [0.2, 0.25) is 5.91 Å². The van der Waals surface area contributed by atoms with Crippen LogP contribution in [0, 0.1) is 10.1 Å². The van der Waals surface area contributed by atoms with Crippen molar-refractivity contribution < 1.29 is 14.8 Å². The molecule has 0 saturated heterocycles. The van der Waals surface area contributed by atoms with Crippen molar-refractivity contribution in [1.29, 1.82) is 0 Å². The van der Waals surface area contributed by atoms with Crippen LogP contribution >= 0.6 is 11.8 Å². The van der Waals surface area contributed by atoms with Crippen molar-refractivity contribution in [2.75, 3.05) is 12.8 Å². The number of hydrogen-bond acceptors (Lipinski definition) is 5. The zero-order valence-electron chi connectivity index (χ0n) is 13.9. The maximum absolute atomic E-state index is 12.2. The van der Waals surface area contributed by atoms with E-state index in [1.165, 1.54) is 11.0 Å². The summed E-state index contributed by atoms with van der Waals surface area (Å²) < 4.78 is 0. The standard InChI is InChI=1S/C18H20N2O4S/c1-19(13-14-5-2-3-6-17(14)20(23)24)18(22)7-4-12-25-16-10-8-15(21)9-11-16/h2-3,5-6,8-11,21H,4,7,12-13H2,1H3. The highest BCUT2D eigenvalue weighted by Gasteiger charge is 2.16. The predicted molar refractivity (Wildman–Crippen MR) is 97.6 cm³/mol. The van der Waals surface area contributed by atoms with Crippen LogP contribution in [0.2, 0.25) is 0 Å². The van der Waals surface area contributed by atoms with Crippen LogP contribution in [-0.2, 0) is 11.3 Å². The maximum atomic E-state index is 12.2. The number of aromatic hydroxyl groups is 1. The Morgan fingerprint density at radius 3 is 2.56 bits per heavy atom. The first-order valence-electron chi connectivity index (χ1n) is 7.85. The van der Waals surface area contributed by atoms with Gasteiger partial charge < -0.3 is 10.0 Å². The largest absolute Gasteiger partial charge is 0.508 e. The molecule has 0 aromatic heterocycles. The average molecular weight is 360 g/mol. The number of amides is 1. The minimum absolute atomic E-state index is 0.0324. The number of carbonyl (C=O) groups excluding carboxylic acids is 1. The molecule has 6 nitrogen and oxygen atoms in total. The molecule has 0 saturated carbocycles. The monoisotopic (exact) mass is 360 g/mol. The number of nitrogens with zero attached hydrogens (tertiary/aromatic N) is 2. The SMILES string of the molecule is CN(Cc1ccccc1[N+](=O)[O-])C(=O)CCCSc1ccc(O)cc1. The minimum Gasteiger partial charge on any atom is -0.508 e. The summed E-state index contributed by atoms with van der Waals surface area (Å²) in [6, 6.07) is 13.4. The second kappa shape index (κ2) is 9.08. The number of phenols is 1. The van der Waals surface area contributed by atoms with Crippen LogP contribution in [-0.4, -0.2) is 33.6 Å². The third-order valence-corrected chi connectivity index (χ3v) is 4.76. The number of rotatable bonds is 8. The van der Waals surface area contributed by atoms with Gasteiger partial charge in [-0.25, -0.2) is 0 Å². The van der Waals surface area contributed by atoms with E-state index in [4.69, 9.17) is 0 Å². The van der Waals surface area contributed by atoms with Crippen LogP contribution < -0.4 is 0 Å². The first-order valence-corrected chi connectivity index (χ1v) is 8.84. The van der Waals surface area contributed by atoms with Crippen molar-refractivity contribution in [2.45, 2.75) is 24.3 Å². The van der Waals surface area contributed by atoms with Crippen LogP contribution in [0.1, 0.15) is 18.4 Å². The van der Waals surface area contributed by atoms with Crippen molar-refractivity contribution in [3.05, 3.63) is 64.2 Å². The van der Waals surface area contributed by atoms with Gasteiger partial charge >= 0.3 is 0 Å². The Morgan fingerprint density at radius 2 is 1.88 bits per heavy atom. The molecule has 0 aliphatic heterocycles. The quantitative estimate of drug-likeness (QED) is 0.335. The molecule has 1 N–H and O–H groups in total. The summed E-state index contributed by atoms with van der Waals surface area (Å²) in [7, 11) is 1.66. The van der Waals surface area contributed by atoms with Crippen LogP contribution in [0.5, 0.6) is 5.75 Å². The summed E-state index contributed by atoms with van der Waals surface area (Å²) >= 11 is 1.62. The predicted octanol–water partition coefficient (Wildman–Crippen LogP) is 3.83. The smallest absolute Gasteiger partial charge is 0.274 e. The molecule has 2 rings (SSSR count). The molecule has 0 aliphatic rings. The van der Waals surface area contributed by atoms with Crippen molar-refractivity contribution in [3.8, 4) is 5.75 Å². The fraction of sp³-hybridized carbons (Fsp3) is 0.278. The number of nitro groups is 1. The van der Waals surface area contributed by atoms with Crippen LogP contribution in [0.3, 0.4) is 0 Å². The molecule has 0 atom stereocenters. The van der Waals surface area contributed by atoms with E-state index in [9.17, 15) is 20.0 Å². The Bertz CT molecular complexity index is 734. The van der Waals surface area contributed by atoms with E-state index < -0.39 is 4.92 Å². The molecule has 0 aliphatic carbocycles. The molecule has 1 amide bonds. The van der Waals surface area contributed by atoms with Crippen LogP contribution in [0.15, 0.2) is 53.4 Å². The lowest BCUT2D eigenvalue weighted by Gasteiger charge is -2.17. The Balaban J connectivity index is 1.78. The number of thioether (sulfide) groups is 1. The van der Waals surface area contributed by atoms with Crippen LogP contribution in [0.25, 0.3) is 0 Å². The van der Waals surface area contributed by atoms with Crippen molar-refractivity contribution in [1.82, 2.24) is 4.90 Å². The summed E-state index contributed by atoms with van der Waals surface area (Å²) in [6.07, 6.45) is 1.10. The van der Waals surface area contributed by atoms with Gasteiger partial charge in [0.05, 0.1) is 11.5 Å². The van der Waals surface area contributed by atoms with E-state index in [0.29, 0.717) is 18.4 Å². The normalized spacial score (nSPS) is 10.4. The Kier molecular flexibility index (Phi) is 6.82. The van der Waals surface area contributed by atoms with E-state index in [2.05, 4.69) is 0 Å². The highest BCUT2D eigenvalue weighted by atomic mass is 32.2. The Labute approximate surface area is 150 Å². The zero-order chi connectivity index (χ0) is 18.2. The summed E-state index contributed by atoms with van der Waals surface area (Å²) in [6.45, 7) is 0.223. The van der Waals surface area contributed by atoms with Gasteiger partial charge in [-0.3, -0.25) is 14.9 Å². The van der Waals surface area contributed by atoms with E-state index in [1.54, 1.807) is 49.1 Å². The van der Waals surface area contributed by atoms with Crippen molar-refractivity contribution in [3.63, 3.8) is 0 Å². The number of nitro benzene ring substituents is 1. The molecule has 0 fully saturated rings. The third-order valence-electron chi connectivity index (χ3n) is 3.66. The molecule has 0 unspecified atom stereocenters. The van der Waals surface area contributed by atoms with E-state index in [1.807, 2.05) is 12.1 Å². The third kappa shape index (κ3) is 5.79. The summed E-state index contributed by atoms with van der Waals surface area (Å²) in [5, 5.41) is 20.3. The maximum Gasteiger partial charge on any atom is 0.274 e. The van der Waals surface area contributed by atoms with Gasteiger partial charge in [-0.15, -0.1) is 11.8 Å². The lowest BCUT2D eigenvalue weighted by molar-refractivity contribution is -0.385. The van der Waals surface area contributed by atoms with Gasteiger partial charge in [0.15, 0.2) is 0 Å². The molecule has 25 heavy (non-hydrogen) atoms. The van der Waals surface area contributed by atoms with Crippen LogP contribution in [0.4, 0.5) is 5.69 Å². The Morgan fingerprint density at radius 1 is 1.20 bits per heavy atom. The van der Waals surface area contributed by atoms with Gasteiger partial charge in [0, 0.05) is 30.0 Å². The topological polar surface area (TPSA) is 83.7 Å². The van der Waals surface area contributed by atoms with Gasteiger partial charge in [0.25, 0.3) is 5.69 Å². The first-order chi connectivity index (χ1) is 12.0. The summed E-state index contributed by atoms with van der Waals surface area (Å²) in [5.74, 6) is 0.983. The van der Waals surface area contributed by atoms with Crippen molar-refractivity contribution in [2.24, 2.45) is 0 Å². The highest BCUT2D eigenvalue weighted by molar-refractivity contribution is 7.99. The first kappa shape index (κ1) is 18.8. The minimum atomic E-state index is -0.429. The molecule has 0 radical (unpaired) electrons. The fourth-order valence-corrected chi connectivity index (χ4v) is 3.17. The number of carbonyl (C=O) groups is 1. The van der Waals surface area contributed by atoms with Gasteiger partial charge in [-0.2, -0.15) is 0 Å². The zero-order valence-corrected chi connectivity index (χ0v) is 14.7. The molecule has 7 heteroatoms. The summed E-state index contributed by atoms with van der Waals surface area (Å²) in [5.41, 5.74) is 0.562. The lowest BCUT2D eigenvalue weighted by atomic mass is 10.1. The average Bonchev–Trinajstić information content (AvgIpc) is 2.60. The Hall–Kier alpha value is -2.54. The van der Waals surface area contributed by atoms with E-state index in [0.717, 1.165) is 10.6 Å². The second-order valence-corrected chi connectivity index (χ2v) is 6.75. The van der Waals surface area contributed by atoms with Gasteiger partial charge in [0.1, 0.15) is 5.75 Å². The van der Waals surface area contributed by atoms with E-state index >= 15 is 0 Å². The molecule has 0 spiro atoms. The molecule has 132 valence electrons. The van der Waals surface area contributed by atoms with Crippen molar-refractivity contribution >= 4 is 23.4 Å². The molecule has 0 bridgehead atoms. The number of benzene rings is 2. The molecular formula is C18H20N2O4S. The van der Waals surface area contributed by atoms with Gasteiger partial charge in [-0.1, -0.05) is 18.2 Å².